The molecule has 4 rings (SSSR count). The van der Waals surface area contributed by atoms with Gasteiger partial charge in [0.25, 0.3) is 0 Å². The van der Waals surface area contributed by atoms with Gasteiger partial charge in [-0.15, -0.1) is 0 Å². The van der Waals surface area contributed by atoms with Gasteiger partial charge in [-0.25, -0.2) is 9.59 Å². The van der Waals surface area contributed by atoms with Gasteiger partial charge < -0.3 is 19.5 Å². The summed E-state index contributed by atoms with van der Waals surface area (Å²) in [5.74, 6) is 0. The van der Waals surface area contributed by atoms with E-state index in [2.05, 4.69) is 4.90 Å². The molecule has 8 heteroatoms. The summed E-state index contributed by atoms with van der Waals surface area (Å²) < 4.78 is 12.4. The molecule has 3 aromatic rings. The van der Waals surface area contributed by atoms with Gasteiger partial charge in [-0.3, -0.25) is 9.47 Å². The van der Waals surface area contributed by atoms with Crippen molar-refractivity contribution in [3.8, 4) is 0 Å². The Bertz CT molecular complexity index is 1150. The number of hydrogen-bond donors (Lipinski definition) is 1. The van der Waals surface area contributed by atoms with E-state index < -0.39 is 17.8 Å². The number of amides is 1. The van der Waals surface area contributed by atoms with Crippen molar-refractivity contribution in [3.05, 3.63) is 66.5 Å². The lowest BCUT2D eigenvalue weighted by Crippen LogP contribution is -2.56. The van der Waals surface area contributed by atoms with Crippen LogP contribution >= 0.6 is 0 Å². The summed E-state index contributed by atoms with van der Waals surface area (Å²) in [6.45, 7) is 7.07. The monoisotopic (exact) mass is 465 g/mol. The zero-order valence-electron chi connectivity index (χ0n) is 19.8. The average molecular weight is 466 g/mol. The van der Waals surface area contributed by atoms with Crippen LogP contribution in [0.4, 0.5) is 15.3 Å². The van der Waals surface area contributed by atoms with Crippen LogP contribution in [-0.2, 0) is 16.1 Å². The van der Waals surface area contributed by atoms with Gasteiger partial charge in [-0.05, 0) is 38.5 Å². The highest BCUT2D eigenvalue weighted by atomic mass is 16.6. The maximum atomic E-state index is 12.7. The van der Waals surface area contributed by atoms with Crippen molar-refractivity contribution in [3.63, 3.8) is 0 Å². The Morgan fingerprint density at radius 1 is 1.00 bits per heavy atom. The number of aromatic nitrogens is 1. The zero-order chi connectivity index (χ0) is 24.3. The molecule has 2 aromatic carbocycles. The van der Waals surface area contributed by atoms with E-state index in [4.69, 9.17) is 9.47 Å². The lowest BCUT2D eigenvalue weighted by atomic mass is 10.1. The smallest absolute Gasteiger partial charge is 0.418 e. The van der Waals surface area contributed by atoms with E-state index in [9.17, 15) is 14.7 Å². The summed E-state index contributed by atoms with van der Waals surface area (Å²) in [6, 6.07) is 15.1. The third-order valence-corrected chi connectivity index (χ3v) is 5.73. The zero-order valence-corrected chi connectivity index (χ0v) is 19.8. The summed E-state index contributed by atoms with van der Waals surface area (Å²) in [6.07, 6.45) is 2.67. The van der Waals surface area contributed by atoms with Crippen LogP contribution in [0, 0.1) is 0 Å². The number of hydrogen-bond acceptors (Lipinski definition) is 6. The van der Waals surface area contributed by atoms with Crippen LogP contribution in [0.2, 0.25) is 0 Å². The molecule has 180 valence electrons. The van der Waals surface area contributed by atoms with Crippen molar-refractivity contribution in [2.45, 2.75) is 39.0 Å². The van der Waals surface area contributed by atoms with Gasteiger partial charge in [0.15, 0.2) is 0 Å². The molecule has 1 aliphatic rings. The Hall–Kier alpha value is -3.52. The van der Waals surface area contributed by atoms with Gasteiger partial charge in [-0.2, -0.15) is 0 Å². The third kappa shape index (κ3) is 5.51. The SMILES string of the molecule is CC(C)(C)OC(=O)n1cc2ccc(N3CCN(C(=O)OCc4ccccc4)C(CO)C3)cc2c1. The second kappa shape index (κ2) is 9.77. The molecule has 1 aromatic heterocycles. The van der Waals surface area contributed by atoms with E-state index in [-0.39, 0.29) is 19.3 Å². The molecule has 1 amide bonds. The Morgan fingerprint density at radius 2 is 1.74 bits per heavy atom. The first-order valence-corrected chi connectivity index (χ1v) is 11.4. The van der Waals surface area contributed by atoms with Crippen LogP contribution in [0.5, 0.6) is 0 Å². The van der Waals surface area contributed by atoms with E-state index >= 15 is 0 Å². The summed E-state index contributed by atoms with van der Waals surface area (Å²) in [4.78, 5) is 28.8. The molecule has 1 unspecified atom stereocenters. The molecule has 1 atom stereocenters. The normalized spacial score (nSPS) is 16.5. The van der Waals surface area contributed by atoms with Crippen LogP contribution in [-0.4, -0.2) is 64.6 Å². The molecule has 0 saturated carbocycles. The molecule has 2 heterocycles. The highest BCUT2D eigenvalue weighted by Gasteiger charge is 2.31. The van der Waals surface area contributed by atoms with Gasteiger partial charge in [0.1, 0.15) is 12.2 Å². The maximum absolute atomic E-state index is 12.7. The molecule has 1 saturated heterocycles. The minimum absolute atomic E-state index is 0.159. The molecule has 1 aliphatic heterocycles. The van der Waals surface area contributed by atoms with Crippen molar-refractivity contribution in [1.82, 2.24) is 9.47 Å². The summed E-state index contributed by atoms with van der Waals surface area (Å²) in [7, 11) is 0. The summed E-state index contributed by atoms with van der Waals surface area (Å²) >= 11 is 0. The van der Waals surface area contributed by atoms with Gasteiger partial charge in [0.2, 0.25) is 0 Å². The number of ether oxygens (including phenoxy) is 2. The minimum atomic E-state index is -0.570. The highest BCUT2D eigenvalue weighted by molar-refractivity contribution is 5.89. The van der Waals surface area contributed by atoms with Crippen molar-refractivity contribution in [1.29, 1.82) is 0 Å². The number of fused-ring (bicyclic) bond motifs is 1. The van der Waals surface area contributed by atoms with E-state index in [1.165, 1.54) is 4.57 Å². The lowest BCUT2D eigenvalue weighted by molar-refractivity contribution is 0.0537. The Labute approximate surface area is 199 Å². The predicted molar refractivity (Wildman–Crippen MR) is 130 cm³/mol. The average Bonchev–Trinajstić information content (AvgIpc) is 3.25. The molecule has 0 bridgehead atoms. The van der Waals surface area contributed by atoms with E-state index in [1.54, 1.807) is 17.3 Å². The first kappa shape index (κ1) is 23.6. The number of aliphatic hydroxyl groups excluding tert-OH is 1. The molecule has 0 spiro atoms. The van der Waals surface area contributed by atoms with Crippen LogP contribution in [0.3, 0.4) is 0 Å². The standard InChI is InChI=1S/C26H31N3O5/c1-26(2,3)34-24(31)28-14-20-9-10-22(13-21(20)15-28)27-11-12-29(23(16-27)17-30)25(32)33-18-19-7-5-4-6-8-19/h4-10,13-15,23,30H,11-12,16-18H2,1-3H3. The number of carbonyl (C=O) groups excluding carboxylic acids is 2. The summed E-state index contributed by atoms with van der Waals surface area (Å²) in [5.41, 5.74) is 1.31. The molecule has 34 heavy (non-hydrogen) atoms. The van der Waals surface area contributed by atoms with Crippen LogP contribution < -0.4 is 4.90 Å². The molecule has 0 aliphatic carbocycles. The van der Waals surface area contributed by atoms with Gasteiger partial charge in [0.05, 0.1) is 12.6 Å². The number of nitrogens with zero attached hydrogens (tertiary/aromatic N) is 3. The fraction of sp³-hybridized carbons (Fsp3) is 0.385. The van der Waals surface area contributed by atoms with E-state index in [0.29, 0.717) is 19.6 Å². The van der Waals surface area contributed by atoms with Gasteiger partial charge >= 0.3 is 12.2 Å². The second-order valence-corrected chi connectivity index (χ2v) is 9.48. The van der Waals surface area contributed by atoms with Crippen molar-refractivity contribution < 1.29 is 24.2 Å². The minimum Gasteiger partial charge on any atom is -0.445 e. The number of piperazine rings is 1. The number of benzene rings is 2. The highest BCUT2D eigenvalue weighted by Crippen LogP contribution is 2.26. The van der Waals surface area contributed by atoms with E-state index in [0.717, 1.165) is 22.0 Å². The Balaban J connectivity index is 1.42. The first-order chi connectivity index (χ1) is 16.2. The fourth-order valence-electron chi connectivity index (χ4n) is 4.03. The molecular formula is C26H31N3O5. The van der Waals surface area contributed by atoms with Crippen LogP contribution in [0.25, 0.3) is 10.8 Å². The maximum Gasteiger partial charge on any atom is 0.418 e. The Kier molecular flexibility index (Phi) is 6.79. The van der Waals surface area contributed by atoms with Gasteiger partial charge in [-0.1, -0.05) is 36.4 Å². The molecule has 1 fully saturated rings. The number of aliphatic hydroxyl groups is 1. The number of rotatable bonds is 4. The van der Waals surface area contributed by atoms with Gasteiger partial charge in [0, 0.05) is 48.5 Å². The summed E-state index contributed by atoms with van der Waals surface area (Å²) in [5, 5.41) is 11.8. The first-order valence-electron chi connectivity index (χ1n) is 11.4. The van der Waals surface area contributed by atoms with Crippen LogP contribution in [0.15, 0.2) is 60.9 Å². The molecule has 8 nitrogen and oxygen atoms in total. The topological polar surface area (TPSA) is 84.2 Å². The van der Waals surface area contributed by atoms with Crippen LogP contribution in [0.1, 0.15) is 26.3 Å². The fourth-order valence-corrected chi connectivity index (χ4v) is 4.03. The van der Waals surface area contributed by atoms with Crippen molar-refractivity contribution >= 4 is 28.6 Å². The van der Waals surface area contributed by atoms with Crippen molar-refractivity contribution in [2.24, 2.45) is 0 Å². The quantitative estimate of drug-likeness (QED) is 0.620. The second-order valence-electron chi connectivity index (χ2n) is 9.48. The predicted octanol–water partition coefficient (Wildman–Crippen LogP) is 4.24. The molecule has 0 radical (unpaired) electrons. The third-order valence-electron chi connectivity index (χ3n) is 5.73. The van der Waals surface area contributed by atoms with Crippen molar-refractivity contribution in [2.75, 3.05) is 31.1 Å². The molecular weight excluding hydrogens is 434 g/mol. The lowest BCUT2D eigenvalue weighted by Gasteiger charge is -2.41. The number of carbonyl (C=O) groups is 2. The number of anilines is 1. The van der Waals surface area contributed by atoms with E-state index in [1.807, 2.05) is 69.3 Å². The molecule has 1 N–H and O–H groups in total. The Morgan fingerprint density at radius 3 is 2.44 bits per heavy atom. The largest absolute Gasteiger partial charge is 0.445 e.